The predicted octanol–water partition coefficient (Wildman–Crippen LogP) is 2.39. The molecule has 3 rings (SSSR count). The summed E-state index contributed by atoms with van der Waals surface area (Å²) < 4.78 is 16.6. The van der Waals surface area contributed by atoms with Crippen molar-refractivity contribution >= 4 is 0 Å². The van der Waals surface area contributed by atoms with Crippen molar-refractivity contribution in [3.63, 3.8) is 0 Å². The minimum absolute atomic E-state index is 0.106. The van der Waals surface area contributed by atoms with Gasteiger partial charge >= 0.3 is 0 Å². The van der Waals surface area contributed by atoms with Crippen LogP contribution in [0.2, 0.25) is 0 Å². The average Bonchev–Trinajstić information content (AvgIpc) is 3.06. The summed E-state index contributed by atoms with van der Waals surface area (Å²) in [7, 11) is 1.78. The summed E-state index contributed by atoms with van der Waals surface area (Å²) >= 11 is 0. The number of nitrogens with zero attached hydrogens (tertiary/aromatic N) is 2. The van der Waals surface area contributed by atoms with Gasteiger partial charge in [0.25, 0.3) is 0 Å². The summed E-state index contributed by atoms with van der Waals surface area (Å²) in [5.74, 6) is 1.55. The summed E-state index contributed by atoms with van der Waals surface area (Å²) in [5.41, 5.74) is 1.14. The minimum Gasteiger partial charge on any atom is -0.385 e. The molecule has 3 heterocycles. The van der Waals surface area contributed by atoms with Crippen LogP contribution in [0.1, 0.15) is 37.1 Å². The number of aryl methyl sites for hydroxylation is 1. The number of aromatic nitrogens is 1. The first-order valence-electron chi connectivity index (χ1n) is 7.99. The molecule has 0 aliphatic carbocycles. The first-order valence-corrected chi connectivity index (χ1v) is 7.99. The Morgan fingerprint density at radius 3 is 2.90 bits per heavy atom. The summed E-state index contributed by atoms with van der Waals surface area (Å²) in [6.45, 7) is 6.74. The molecule has 5 heteroatoms. The van der Waals surface area contributed by atoms with Crippen LogP contribution in [0.4, 0.5) is 0 Å². The van der Waals surface area contributed by atoms with E-state index in [1.54, 1.807) is 7.11 Å². The smallest absolute Gasteiger partial charge is 0.133 e. The van der Waals surface area contributed by atoms with E-state index in [1.165, 1.54) is 6.42 Å². The van der Waals surface area contributed by atoms with Gasteiger partial charge in [-0.25, -0.2) is 0 Å². The Morgan fingerprint density at radius 1 is 1.43 bits per heavy atom. The molecule has 2 aliphatic heterocycles. The van der Waals surface area contributed by atoms with E-state index in [0.717, 1.165) is 63.6 Å². The second-order valence-electron chi connectivity index (χ2n) is 6.39. The normalized spacial score (nSPS) is 25.7. The standard InChI is InChI=1S/C16H26N2O3/c1-13-11-15(17-21-13)12-18-7-5-16(6-8-18)14(3-9-19-2)4-10-20-16/h11,14H,3-10,12H2,1-2H3. The maximum absolute atomic E-state index is 6.18. The van der Waals surface area contributed by atoms with Gasteiger partial charge in [0.2, 0.25) is 0 Å². The lowest BCUT2D eigenvalue weighted by Gasteiger charge is -2.42. The number of hydrogen-bond donors (Lipinski definition) is 0. The first kappa shape index (κ1) is 15.0. The average molecular weight is 294 g/mol. The molecule has 1 unspecified atom stereocenters. The van der Waals surface area contributed by atoms with E-state index in [2.05, 4.69) is 10.1 Å². The molecule has 0 bridgehead atoms. The monoisotopic (exact) mass is 294 g/mol. The van der Waals surface area contributed by atoms with Crippen molar-refractivity contribution < 1.29 is 14.0 Å². The van der Waals surface area contributed by atoms with Gasteiger partial charge in [0.1, 0.15) is 5.76 Å². The second kappa shape index (κ2) is 6.46. The molecular weight excluding hydrogens is 268 g/mol. The Labute approximate surface area is 126 Å². The Bertz CT molecular complexity index is 452. The molecule has 1 atom stereocenters. The van der Waals surface area contributed by atoms with E-state index < -0.39 is 0 Å². The molecule has 1 spiro atoms. The fraction of sp³-hybridized carbons (Fsp3) is 0.812. The fourth-order valence-corrected chi connectivity index (χ4v) is 3.82. The number of likely N-dealkylation sites (tertiary alicyclic amines) is 1. The minimum atomic E-state index is 0.106. The summed E-state index contributed by atoms with van der Waals surface area (Å²) in [5, 5.41) is 4.09. The van der Waals surface area contributed by atoms with E-state index in [-0.39, 0.29) is 5.60 Å². The highest BCUT2D eigenvalue weighted by atomic mass is 16.5. The van der Waals surface area contributed by atoms with E-state index in [9.17, 15) is 0 Å². The van der Waals surface area contributed by atoms with Gasteiger partial charge in [-0.3, -0.25) is 4.90 Å². The maximum atomic E-state index is 6.18. The van der Waals surface area contributed by atoms with Gasteiger partial charge in [-0.1, -0.05) is 5.16 Å². The molecule has 0 N–H and O–H groups in total. The van der Waals surface area contributed by atoms with E-state index >= 15 is 0 Å². The van der Waals surface area contributed by atoms with Crippen LogP contribution in [0.5, 0.6) is 0 Å². The van der Waals surface area contributed by atoms with Crippen LogP contribution >= 0.6 is 0 Å². The van der Waals surface area contributed by atoms with E-state index in [4.69, 9.17) is 14.0 Å². The highest BCUT2D eigenvalue weighted by molar-refractivity contribution is 5.04. The van der Waals surface area contributed by atoms with Crippen molar-refractivity contribution in [3.05, 3.63) is 17.5 Å². The number of hydrogen-bond acceptors (Lipinski definition) is 5. The third-order valence-electron chi connectivity index (χ3n) is 5.04. The number of ether oxygens (including phenoxy) is 2. The summed E-state index contributed by atoms with van der Waals surface area (Å²) in [6, 6.07) is 2.03. The van der Waals surface area contributed by atoms with Crippen molar-refractivity contribution in [1.29, 1.82) is 0 Å². The van der Waals surface area contributed by atoms with Crippen LogP contribution in [0.3, 0.4) is 0 Å². The van der Waals surface area contributed by atoms with Gasteiger partial charge < -0.3 is 14.0 Å². The Balaban J connectivity index is 1.54. The molecule has 0 saturated carbocycles. The number of methoxy groups -OCH3 is 1. The maximum Gasteiger partial charge on any atom is 0.133 e. The molecule has 2 saturated heterocycles. The molecule has 2 fully saturated rings. The zero-order chi connectivity index (χ0) is 14.7. The van der Waals surface area contributed by atoms with Gasteiger partial charge in [0.05, 0.1) is 11.3 Å². The van der Waals surface area contributed by atoms with E-state index in [0.29, 0.717) is 5.92 Å². The zero-order valence-electron chi connectivity index (χ0n) is 13.1. The SMILES string of the molecule is COCCC1CCOC12CCN(Cc1cc(C)on1)CC2. The summed E-state index contributed by atoms with van der Waals surface area (Å²) in [4.78, 5) is 2.46. The van der Waals surface area contributed by atoms with Crippen LogP contribution < -0.4 is 0 Å². The molecule has 1 aromatic heterocycles. The van der Waals surface area contributed by atoms with Crippen molar-refractivity contribution in [1.82, 2.24) is 10.1 Å². The van der Waals surface area contributed by atoms with Crippen LogP contribution in [-0.2, 0) is 16.0 Å². The fourth-order valence-electron chi connectivity index (χ4n) is 3.82. The van der Waals surface area contributed by atoms with Crippen molar-refractivity contribution in [3.8, 4) is 0 Å². The third kappa shape index (κ3) is 3.30. The molecule has 21 heavy (non-hydrogen) atoms. The van der Waals surface area contributed by atoms with Gasteiger partial charge in [-0.15, -0.1) is 0 Å². The summed E-state index contributed by atoms with van der Waals surface area (Å²) in [6.07, 6.45) is 4.56. The molecule has 118 valence electrons. The lowest BCUT2D eigenvalue weighted by molar-refractivity contribution is -0.0723. The number of rotatable bonds is 5. The van der Waals surface area contributed by atoms with Gasteiger partial charge in [0.15, 0.2) is 0 Å². The third-order valence-corrected chi connectivity index (χ3v) is 5.04. The molecule has 5 nitrogen and oxygen atoms in total. The molecule has 0 radical (unpaired) electrons. The topological polar surface area (TPSA) is 47.7 Å². The predicted molar refractivity (Wildman–Crippen MR) is 79.0 cm³/mol. The van der Waals surface area contributed by atoms with Gasteiger partial charge in [-0.05, 0) is 38.5 Å². The molecular formula is C16H26N2O3. The zero-order valence-corrected chi connectivity index (χ0v) is 13.1. The van der Waals surface area contributed by atoms with Crippen molar-refractivity contribution in [2.75, 3.05) is 33.4 Å². The Kier molecular flexibility index (Phi) is 4.62. The molecule has 0 aromatic carbocycles. The van der Waals surface area contributed by atoms with Crippen LogP contribution in [-0.4, -0.2) is 49.1 Å². The Morgan fingerprint density at radius 2 is 2.24 bits per heavy atom. The quantitative estimate of drug-likeness (QED) is 0.834. The van der Waals surface area contributed by atoms with Crippen molar-refractivity contribution in [2.24, 2.45) is 5.92 Å². The lowest BCUT2D eigenvalue weighted by Crippen LogP contribution is -2.47. The lowest BCUT2D eigenvalue weighted by atomic mass is 9.78. The van der Waals surface area contributed by atoms with Gasteiger partial charge in [-0.2, -0.15) is 0 Å². The molecule has 2 aliphatic rings. The molecule has 1 aromatic rings. The van der Waals surface area contributed by atoms with Gasteiger partial charge in [0, 0.05) is 46.0 Å². The highest BCUT2D eigenvalue weighted by Crippen LogP contribution is 2.42. The largest absolute Gasteiger partial charge is 0.385 e. The van der Waals surface area contributed by atoms with Crippen molar-refractivity contribution in [2.45, 2.75) is 44.8 Å². The number of piperidine rings is 1. The first-order chi connectivity index (χ1) is 10.2. The highest BCUT2D eigenvalue weighted by Gasteiger charge is 2.45. The van der Waals surface area contributed by atoms with Crippen LogP contribution in [0.25, 0.3) is 0 Å². The van der Waals surface area contributed by atoms with E-state index in [1.807, 2.05) is 13.0 Å². The molecule has 0 amide bonds. The van der Waals surface area contributed by atoms with Crippen LogP contribution in [0.15, 0.2) is 10.6 Å². The Hall–Kier alpha value is -0.910. The van der Waals surface area contributed by atoms with Crippen LogP contribution in [0, 0.1) is 12.8 Å². The second-order valence-corrected chi connectivity index (χ2v) is 6.39.